The minimum Gasteiger partial charge on any atom is -0.322 e. The monoisotopic (exact) mass is 327 g/mol. The van der Waals surface area contributed by atoms with Crippen molar-refractivity contribution in [3.05, 3.63) is 60.4 Å². The number of nitrogens with one attached hydrogen (secondary N) is 1. The van der Waals surface area contributed by atoms with Crippen LogP contribution in [0.3, 0.4) is 0 Å². The maximum absolute atomic E-state index is 12.3. The van der Waals surface area contributed by atoms with Gasteiger partial charge < -0.3 is 5.32 Å². The lowest BCUT2D eigenvalue weighted by Crippen LogP contribution is -2.12. The number of nitrogens with zero attached hydrogens (tertiary/aromatic N) is 4. The van der Waals surface area contributed by atoms with Gasteiger partial charge in [-0.05, 0) is 52.9 Å². The maximum atomic E-state index is 12.3. The zero-order chi connectivity index (χ0) is 16.2. The first-order chi connectivity index (χ1) is 11.1. The minimum atomic E-state index is -1.06. The van der Waals surface area contributed by atoms with Crippen molar-refractivity contribution in [1.82, 2.24) is 20.2 Å². The summed E-state index contributed by atoms with van der Waals surface area (Å²) in [4.78, 5) is 12.9. The fourth-order valence-corrected chi connectivity index (χ4v) is 2.53. The molecule has 0 saturated carbocycles. The Morgan fingerprint density at radius 1 is 1.17 bits per heavy atom. The highest BCUT2D eigenvalue weighted by molar-refractivity contribution is 7.84. The zero-order valence-electron chi connectivity index (χ0n) is 12.2. The van der Waals surface area contributed by atoms with E-state index in [0.29, 0.717) is 16.1 Å². The van der Waals surface area contributed by atoms with E-state index in [1.807, 2.05) is 6.07 Å². The molecule has 116 valence electrons. The van der Waals surface area contributed by atoms with E-state index in [1.165, 1.54) is 11.0 Å². The minimum absolute atomic E-state index is 0.243. The fraction of sp³-hybridized carbons (Fsp3) is 0.0667. The van der Waals surface area contributed by atoms with Crippen LogP contribution in [0, 0.1) is 0 Å². The summed E-state index contributed by atoms with van der Waals surface area (Å²) in [6.45, 7) is 0. The molecule has 3 rings (SSSR count). The summed E-state index contributed by atoms with van der Waals surface area (Å²) in [7, 11) is -1.06. The maximum Gasteiger partial charge on any atom is 0.255 e. The van der Waals surface area contributed by atoms with Crippen LogP contribution in [-0.4, -0.2) is 36.6 Å². The molecule has 0 aliphatic rings. The highest BCUT2D eigenvalue weighted by Gasteiger charge is 2.08. The summed E-state index contributed by atoms with van der Waals surface area (Å²) in [5.74, 6) is -0.243. The lowest BCUT2D eigenvalue weighted by molar-refractivity contribution is 0.102. The first-order valence-corrected chi connectivity index (χ1v) is 8.27. The lowest BCUT2D eigenvalue weighted by atomic mass is 10.2. The second-order valence-corrected chi connectivity index (χ2v) is 6.12. The van der Waals surface area contributed by atoms with E-state index in [-0.39, 0.29) is 5.91 Å². The molecule has 0 fully saturated rings. The molecule has 1 aromatic heterocycles. The van der Waals surface area contributed by atoms with E-state index in [9.17, 15) is 9.00 Å². The van der Waals surface area contributed by atoms with Crippen molar-refractivity contribution in [2.24, 2.45) is 0 Å². The zero-order valence-corrected chi connectivity index (χ0v) is 13.0. The van der Waals surface area contributed by atoms with Crippen LogP contribution in [0.15, 0.2) is 59.8 Å². The van der Waals surface area contributed by atoms with E-state index in [1.54, 1.807) is 48.7 Å². The van der Waals surface area contributed by atoms with Crippen molar-refractivity contribution in [2.45, 2.75) is 4.90 Å². The molecule has 7 nitrogen and oxygen atoms in total. The predicted molar refractivity (Wildman–Crippen MR) is 85.9 cm³/mol. The molecule has 1 atom stereocenters. The molecule has 1 heterocycles. The number of hydrogen-bond acceptors (Lipinski definition) is 5. The highest BCUT2D eigenvalue weighted by atomic mass is 32.2. The SMILES string of the molecule is CS(=O)c1ccc(C(=O)Nc2cccc(-n3cnnn3)c2)cc1. The summed E-state index contributed by atoms with van der Waals surface area (Å²) >= 11 is 0. The van der Waals surface area contributed by atoms with Gasteiger partial charge in [-0.25, -0.2) is 4.68 Å². The average Bonchev–Trinajstić information content (AvgIpc) is 3.10. The van der Waals surface area contributed by atoms with Gasteiger partial charge in [-0.1, -0.05) is 6.07 Å². The molecule has 0 saturated heterocycles. The van der Waals surface area contributed by atoms with Crippen molar-refractivity contribution in [1.29, 1.82) is 0 Å². The molecule has 0 aliphatic heterocycles. The van der Waals surface area contributed by atoms with Crippen molar-refractivity contribution in [3.63, 3.8) is 0 Å². The third kappa shape index (κ3) is 3.49. The third-order valence-corrected chi connectivity index (χ3v) is 4.10. The Kier molecular flexibility index (Phi) is 4.24. The van der Waals surface area contributed by atoms with Crippen molar-refractivity contribution < 1.29 is 9.00 Å². The summed E-state index contributed by atoms with van der Waals surface area (Å²) in [6, 6.07) is 13.8. The molecule has 0 bridgehead atoms. The quantitative estimate of drug-likeness (QED) is 0.787. The van der Waals surface area contributed by atoms with Crippen LogP contribution in [-0.2, 0) is 10.8 Å². The van der Waals surface area contributed by atoms with Gasteiger partial charge in [-0.15, -0.1) is 5.10 Å². The predicted octanol–water partition coefficient (Wildman–Crippen LogP) is 1.65. The molecule has 3 aromatic rings. The number of aromatic nitrogens is 4. The van der Waals surface area contributed by atoms with Gasteiger partial charge in [-0.2, -0.15) is 0 Å². The molecule has 1 unspecified atom stereocenters. The Morgan fingerprint density at radius 2 is 1.96 bits per heavy atom. The van der Waals surface area contributed by atoms with Gasteiger partial charge in [0, 0.05) is 33.2 Å². The molecule has 0 radical (unpaired) electrons. The number of hydrogen-bond donors (Lipinski definition) is 1. The van der Waals surface area contributed by atoms with Gasteiger partial charge in [0.05, 0.1) is 5.69 Å². The van der Waals surface area contributed by atoms with Crippen LogP contribution >= 0.6 is 0 Å². The lowest BCUT2D eigenvalue weighted by Gasteiger charge is -2.07. The van der Waals surface area contributed by atoms with Gasteiger partial charge in [0.2, 0.25) is 0 Å². The molecule has 1 amide bonds. The fourth-order valence-electron chi connectivity index (χ4n) is 2.01. The van der Waals surface area contributed by atoms with E-state index >= 15 is 0 Å². The van der Waals surface area contributed by atoms with Crippen molar-refractivity contribution in [3.8, 4) is 5.69 Å². The largest absolute Gasteiger partial charge is 0.322 e. The topological polar surface area (TPSA) is 89.8 Å². The van der Waals surface area contributed by atoms with E-state index in [0.717, 1.165) is 5.69 Å². The summed E-state index contributed by atoms with van der Waals surface area (Å²) in [5, 5.41) is 13.8. The highest BCUT2D eigenvalue weighted by Crippen LogP contribution is 2.15. The second-order valence-electron chi connectivity index (χ2n) is 4.74. The standard InChI is InChI=1S/C15H13N5O2S/c1-23(22)14-7-5-11(6-8-14)15(21)17-12-3-2-4-13(9-12)20-10-16-18-19-20/h2-10H,1H3,(H,17,21). The molecule has 2 aromatic carbocycles. The van der Waals surface area contributed by atoms with Crippen LogP contribution in [0.4, 0.5) is 5.69 Å². The summed E-state index contributed by atoms with van der Waals surface area (Å²) in [5.41, 5.74) is 1.86. The number of anilines is 1. The summed E-state index contributed by atoms with van der Waals surface area (Å²) < 4.78 is 12.9. The van der Waals surface area contributed by atoms with Gasteiger partial charge in [0.15, 0.2) is 0 Å². The number of benzene rings is 2. The molecular weight excluding hydrogens is 314 g/mol. The molecule has 8 heteroatoms. The van der Waals surface area contributed by atoms with Gasteiger partial charge in [-0.3, -0.25) is 9.00 Å². The first kappa shape index (κ1) is 15.0. The van der Waals surface area contributed by atoms with Crippen LogP contribution in [0.25, 0.3) is 5.69 Å². The second kappa shape index (κ2) is 6.49. The van der Waals surface area contributed by atoms with Crippen LogP contribution in [0.1, 0.15) is 10.4 Å². The Hall–Kier alpha value is -2.87. The molecular formula is C15H13N5O2S. The molecule has 0 aliphatic carbocycles. The van der Waals surface area contributed by atoms with E-state index < -0.39 is 10.8 Å². The van der Waals surface area contributed by atoms with Gasteiger partial charge in [0.25, 0.3) is 5.91 Å². The van der Waals surface area contributed by atoms with Crippen LogP contribution in [0.2, 0.25) is 0 Å². The molecule has 1 N–H and O–H groups in total. The number of carbonyl (C=O) groups excluding carboxylic acids is 1. The van der Waals surface area contributed by atoms with Crippen LogP contribution in [0.5, 0.6) is 0 Å². The smallest absolute Gasteiger partial charge is 0.255 e. The van der Waals surface area contributed by atoms with Gasteiger partial charge >= 0.3 is 0 Å². The normalized spacial score (nSPS) is 11.9. The average molecular weight is 327 g/mol. The Morgan fingerprint density at radius 3 is 2.61 bits per heavy atom. The van der Waals surface area contributed by atoms with Gasteiger partial charge in [0.1, 0.15) is 6.33 Å². The van der Waals surface area contributed by atoms with E-state index in [4.69, 9.17) is 0 Å². The van der Waals surface area contributed by atoms with E-state index in [2.05, 4.69) is 20.8 Å². The van der Waals surface area contributed by atoms with Crippen molar-refractivity contribution in [2.75, 3.05) is 11.6 Å². The Bertz CT molecular complexity index is 847. The Labute approximate surface area is 134 Å². The summed E-state index contributed by atoms with van der Waals surface area (Å²) in [6.07, 6.45) is 3.07. The number of rotatable bonds is 4. The number of amides is 1. The number of tetrazole rings is 1. The number of carbonyl (C=O) groups is 1. The van der Waals surface area contributed by atoms with Crippen LogP contribution < -0.4 is 5.32 Å². The first-order valence-electron chi connectivity index (χ1n) is 6.72. The van der Waals surface area contributed by atoms with Crippen molar-refractivity contribution >= 4 is 22.4 Å². The Balaban J connectivity index is 1.77. The molecule has 23 heavy (non-hydrogen) atoms. The third-order valence-electron chi connectivity index (χ3n) is 3.17. The molecule has 0 spiro atoms.